The molecule has 178 valence electrons. The van der Waals surface area contributed by atoms with E-state index in [4.69, 9.17) is 4.74 Å². The molecule has 0 saturated carbocycles. The van der Waals surface area contributed by atoms with Crippen molar-refractivity contribution in [3.63, 3.8) is 0 Å². The summed E-state index contributed by atoms with van der Waals surface area (Å²) in [6.45, 7) is 0. The summed E-state index contributed by atoms with van der Waals surface area (Å²) in [6, 6.07) is 19.8. The van der Waals surface area contributed by atoms with Gasteiger partial charge in [0.05, 0.1) is 28.0 Å². The Morgan fingerprint density at radius 2 is 1.86 bits per heavy atom. The SMILES string of the molecule is Cn1nccc1-c1cc(-c2ccccc2)ncc1Oc1ccc(S(=O)(=O)Cc2nccs2)cc1C#N. The van der Waals surface area contributed by atoms with E-state index >= 15 is 0 Å². The summed E-state index contributed by atoms with van der Waals surface area (Å²) in [5.74, 6) is 0.405. The zero-order chi connectivity index (χ0) is 25.1. The predicted octanol–water partition coefficient (Wildman–Crippen LogP) is 5.24. The van der Waals surface area contributed by atoms with Crippen LogP contribution in [-0.2, 0) is 22.6 Å². The lowest BCUT2D eigenvalue weighted by molar-refractivity contribution is 0.479. The first-order valence-corrected chi connectivity index (χ1v) is 13.3. The number of aryl methyl sites for hydroxylation is 1. The van der Waals surface area contributed by atoms with Crippen molar-refractivity contribution in [3.8, 4) is 40.1 Å². The molecule has 0 atom stereocenters. The van der Waals surface area contributed by atoms with Crippen LogP contribution in [0.2, 0.25) is 0 Å². The fraction of sp³-hybridized carbons (Fsp3) is 0.0769. The molecule has 0 saturated heterocycles. The van der Waals surface area contributed by atoms with Crippen molar-refractivity contribution in [2.45, 2.75) is 10.6 Å². The van der Waals surface area contributed by atoms with Crippen molar-refractivity contribution < 1.29 is 13.2 Å². The molecular formula is C26H19N5O3S2. The number of nitriles is 1. The molecule has 0 aliphatic carbocycles. The Morgan fingerprint density at radius 3 is 2.56 bits per heavy atom. The highest BCUT2D eigenvalue weighted by atomic mass is 32.2. The number of pyridine rings is 1. The molecule has 5 rings (SSSR count). The van der Waals surface area contributed by atoms with Crippen molar-refractivity contribution in [1.82, 2.24) is 19.7 Å². The maximum atomic E-state index is 12.9. The normalized spacial score (nSPS) is 11.2. The number of thiazole rings is 1. The summed E-state index contributed by atoms with van der Waals surface area (Å²) >= 11 is 1.27. The van der Waals surface area contributed by atoms with Crippen LogP contribution in [0.4, 0.5) is 0 Å². The number of nitrogens with zero attached hydrogens (tertiary/aromatic N) is 5. The maximum Gasteiger partial charge on any atom is 0.184 e. The van der Waals surface area contributed by atoms with Crippen LogP contribution in [0.3, 0.4) is 0 Å². The topological polar surface area (TPSA) is 111 Å². The number of aromatic nitrogens is 4. The molecule has 2 aromatic carbocycles. The van der Waals surface area contributed by atoms with Crippen molar-refractivity contribution in [1.29, 1.82) is 5.26 Å². The summed E-state index contributed by atoms with van der Waals surface area (Å²) in [6.07, 6.45) is 4.84. The van der Waals surface area contributed by atoms with E-state index in [1.54, 1.807) is 28.7 Å². The van der Waals surface area contributed by atoms with Crippen LogP contribution in [0.5, 0.6) is 11.5 Å². The molecule has 0 bridgehead atoms. The molecule has 36 heavy (non-hydrogen) atoms. The van der Waals surface area contributed by atoms with Gasteiger partial charge in [0, 0.05) is 35.9 Å². The second-order valence-electron chi connectivity index (χ2n) is 7.83. The third kappa shape index (κ3) is 4.75. The minimum atomic E-state index is -3.67. The lowest BCUT2D eigenvalue weighted by Gasteiger charge is -2.14. The highest BCUT2D eigenvalue weighted by Gasteiger charge is 2.21. The summed E-state index contributed by atoms with van der Waals surface area (Å²) in [7, 11) is -1.85. The first-order chi connectivity index (χ1) is 17.4. The number of hydrogen-bond acceptors (Lipinski definition) is 8. The van der Waals surface area contributed by atoms with Gasteiger partial charge in [0.1, 0.15) is 22.6 Å². The second-order valence-corrected chi connectivity index (χ2v) is 10.8. The van der Waals surface area contributed by atoms with E-state index in [0.717, 1.165) is 22.5 Å². The van der Waals surface area contributed by atoms with Crippen LogP contribution in [0.15, 0.2) is 89.5 Å². The van der Waals surface area contributed by atoms with E-state index in [0.29, 0.717) is 10.8 Å². The van der Waals surface area contributed by atoms with Gasteiger partial charge in [0.15, 0.2) is 15.6 Å². The number of rotatable bonds is 7. The monoisotopic (exact) mass is 513 g/mol. The molecule has 0 aliphatic rings. The molecule has 10 heteroatoms. The quantitative estimate of drug-likeness (QED) is 0.292. The Balaban J connectivity index is 1.53. The Hall–Kier alpha value is -4.33. The van der Waals surface area contributed by atoms with Crippen LogP contribution in [0.1, 0.15) is 10.6 Å². The first kappa shape index (κ1) is 23.4. The van der Waals surface area contributed by atoms with Gasteiger partial charge in [-0.15, -0.1) is 11.3 Å². The first-order valence-electron chi connectivity index (χ1n) is 10.8. The Bertz CT molecular complexity index is 1670. The fourth-order valence-corrected chi connectivity index (χ4v) is 5.97. The number of benzene rings is 2. The van der Waals surface area contributed by atoms with Crippen LogP contribution in [0, 0.1) is 11.3 Å². The highest BCUT2D eigenvalue weighted by molar-refractivity contribution is 7.90. The van der Waals surface area contributed by atoms with E-state index < -0.39 is 9.84 Å². The van der Waals surface area contributed by atoms with Gasteiger partial charge in [0.2, 0.25) is 0 Å². The molecule has 0 aliphatic heterocycles. The van der Waals surface area contributed by atoms with Crippen LogP contribution >= 0.6 is 11.3 Å². The molecular weight excluding hydrogens is 494 g/mol. The summed E-state index contributed by atoms with van der Waals surface area (Å²) in [5, 5.41) is 16.2. The smallest absolute Gasteiger partial charge is 0.184 e. The average molecular weight is 514 g/mol. The van der Waals surface area contributed by atoms with Gasteiger partial charge in [-0.25, -0.2) is 13.4 Å². The second kappa shape index (κ2) is 9.73. The third-order valence-electron chi connectivity index (χ3n) is 5.48. The van der Waals surface area contributed by atoms with Crippen molar-refractivity contribution in [2.75, 3.05) is 0 Å². The van der Waals surface area contributed by atoms with Gasteiger partial charge in [-0.2, -0.15) is 10.4 Å². The third-order valence-corrected chi connectivity index (χ3v) is 8.07. The molecule has 3 aromatic heterocycles. The Morgan fingerprint density at radius 1 is 1.03 bits per heavy atom. The van der Waals surface area contributed by atoms with Crippen LogP contribution in [0.25, 0.3) is 22.5 Å². The molecule has 3 heterocycles. The molecule has 8 nitrogen and oxygen atoms in total. The number of hydrogen-bond donors (Lipinski definition) is 0. The molecule has 0 fully saturated rings. The minimum absolute atomic E-state index is 0.0333. The van der Waals surface area contributed by atoms with Crippen molar-refractivity contribution in [3.05, 3.63) is 95.2 Å². The summed E-state index contributed by atoms with van der Waals surface area (Å²) in [4.78, 5) is 8.64. The molecule has 0 spiro atoms. The lowest BCUT2D eigenvalue weighted by atomic mass is 10.1. The molecule has 5 aromatic rings. The van der Waals surface area contributed by atoms with E-state index in [2.05, 4.69) is 15.1 Å². The zero-order valence-corrected chi connectivity index (χ0v) is 20.7. The average Bonchev–Trinajstić information content (AvgIpc) is 3.56. The molecule has 0 N–H and O–H groups in total. The number of ether oxygens (including phenoxy) is 1. The summed E-state index contributed by atoms with van der Waals surface area (Å²) < 4.78 is 33.6. The highest BCUT2D eigenvalue weighted by Crippen LogP contribution is 2.37. The maximum absolute atomic E-state index is 12.9. The summed E-state index contributed by atoms with van der Waals surface area (Å²) in [5.41, 5.74) is 3.32. The van der Waals surface area contributed by atoms with Crippen molar-refractivity contribution in [2.24, 2.45) is 7.05 Å². The lowest BCUT2D eigenvalue weighted by Crippen LogP contribution is -2.05. The Labute approximate surface area is 212 Å². The predicted molar refractivity (Wildman–Crippen MR) is 136 cm³/mol. The molecule has 0 unspecified atom stereocenters. The van der Waals surface area contributed by atoms with E-state index in [-0.39, 0.29) is 22.0 Å². The Kier molecular flexibility index (Phi) is 6.33. The van der Waals surface area contributed by atoms with Gasteiger partial charge in [-0.1, -0.05) is 30.3 Å². The van der Waals surface area contributed by atoms with Gasteiger partial charge in [-0.3, -0.25) is 9.67 Å². The van der Waals surface area contributed by atoms with E-state index in [9.17, 15) is 13.7 Å². The number of sulfone groups is 1. The van der Waals surface area contributed by atoms with Crippen molar-refractivity contribution >= 4 is 21.2 Å². The van der Waals surface area contributed by atoms with Gasteiger partial charge in [-0.05, 0) is 30.3 Å². The van der Waals surface area contributed by atoms with Gasteiger partial charge >= 0.3 is 0 Å². The zero-order valence-electron chi connectivity index (χ0n) is 19.1. The molecule has 0 amide bonds. The van der Waals surface area contributed by atoms with Crippen LogP contribution < -0.4 is 4.74 Å². The standard InChI is InChI=1S/C26H19N5O3S2/c1-31-23(9-10-30-31)21-14-22(18-5-3-2-4-6-18)29-16-25(21)34-24-8-7-20(13-19(24)15-27)36(32,33)17-26-28-11-12-35-26/h2-14,16H,17H2,1H3. The molecule has 0 radical (unpaired) electrons. The van der Waals surface area contributed by atoms with Gasteiger partial charge < -0.3 is 4.74 Å². The minimum Gasteiger partial charge on any atom is -0.454 e. The fourth-order valence-electron chi connectivity index (χ4n) is 3.70. The largest absolute Gasteiger partial charge is 0.454 e. The van der Waals surface area contributed by atoms with E-state index in [1.165, 1.54) is 29.5 Å². The van der Waals surface area contributed by atoms with Crippen LogP contribution in [-0.4, -0.2) is 28.2 Å². The van der Waals surface area contributed by atoms with Gasteiger partial charge in [0.25, 0.3) is 0 Å². The van der Waals surface area contributed by atoms with E-state index in [1.807, 2.05) is 55.6 Å².